The quantitative estimate of drug-likeness (QED) is 0.778. The Bertz CT molecular complexity index is 410. The lowest BCUT2D eigenvalue weighted by molar-refractivity contribution is 0.211. The Morgan fingerprint density at radius 2 is 2.29 bits per heavy atom. The van der Waals surface area contributed by atoms with Crippen LogP contribution in [0, 0.1) is 0 Å². The Morgan fingerprint density at radius 1 is 1.36 bits per heavy atom. The maximum atomic E-state index is 4.98. The maximum absolute atomic E-state index is 4.98. The highest BCUT2D eigenvalue weighted by molar-refractivity contribution is 7.17. The van der Waals surface area contributed by atoms with Crippen LogP contribution in [-0.4, -0.2) is 20.3 Å². The molecule has 0 aliphatic heterocycles. The fourth-order valence-electron chi connectivity index (χ4n) is 1.37. The van der Waals surface area contributed by atoms with Crippen molar-refractivity contribution in [2.24, 2.45) is 0 Å². The lowest BCUT2D eigenvalue weighted by Crippen LogP contribution is -2.07. The van der Waals surface area contributed by atoms with Gasteiger partial charge in [0.2, 0.25) is 0 Å². The minimum absolute atomic E-state index is 0.738. The number of fused-ring (bicyclic) bond motifs is 1. The number of ether oxygens (including phenoxy) is 1. The molecule has 0 radical (unpaired) electrons. The number of rotatable bonds is 4. The van der Waals surface area contributed by atoms with Crippen molar-refractivity contribution in [1.29, 1.82) is 0 Å². The summed E-state index contributed by atoms with van der Waals surface area (Å²) in [6, 6.07) is 8.56. The lowest BCUT2D eigenvalue weighted by atomic mass is 10.2. The smallest absolute Gasteiger partial charge is 0.0635 e. The maximum Gasteiger partial charge on any atom is 0.0635 e. The Labute approximate surface area is 87.5 Å². The summed E-state index contributed by atoms with van der Waals surface area (Å²) in [6.07, 6.45) is 0. The van der Waals surface area contributed by atoms with E-state index in [-0.39, 0.29) is 0 Å². The average molecular weight is 207 g/mol. The van der Waals surface area contributed by atoms with Crippen LogP contribution in [0.3, 0.4) is 0 Å². The van der Waals surface area contributed by atoms with Crippen molar-refractivity contribution in [1.82, 2.24) is 0 Å². The van der Waals surface area contributed by atoms with E-state index in [4.69, 9.17) is 4.74 Å². The van der Waals surface area contributed by atoms with Gasteiger partial charge in [0.25, 0.3) is 0 Å². The third-order valence-electron chi connectivity index (χ3n) is 2.09. The van der Waals surface area contributed by atoms with Crippen molar-refractivity contribution < 1.29 is 4.74 Å². The second kappa shape index (κ2) is 4.44. The van der Waals surface area contributed by atoms with E-state index in [1.54, 1.807) is 18.4 Å². The van der Waals surface area contributed by atoms with E-state index in [1.807, 2.05) is 0 Å². The first-order chi connectivity index (χ1) is 6.90. The van der Waals surface area contributed by atoms with Crippen LogP contribution in [0.2, 0.25) is 0 Å². The minimum atomic E-state index is 0.738. The topological polar surface area (TPSA) is 21.3 Å². The molecule has 1 N–H and O–H groups in total. The van der Waals surface area contributed by atoms with Gasteiger partial charge in [-0.05, 0) is 35.0 Å². The van der Waals surface area contributed by atoms with Crippen molar-refractivity contribution in [2.75, 3.05) is 25.6 Å². The zero-order chi connectivity index (χ0) is 9.80. The highest BCUT2D eigenvalue weighted by atomic mass is 32.1. The first-order valence-corrected chi connectivity index (χ1v) is 5.48. The normalized spacial score (nSPS) is 10.6. The van der Waals surface area contributed by atoms with Gasteiger partial charge in [-0.3, -0.25) is 0 Å². The largest absolute Gasteiger partial charge is 0.383 e. The van der Waals surface area contributed by atoms with Crippen molar-refractivity contribution >= 4 is 27.1 Å². The van der Waals surface area contributed by atoms with Crippen LogP contribution in [0.1, 0.15) is 0 Å². The molecular weight excluding hydrogens is 194 g/mol. The number of hydrogen-bond acceptors (Lipinski definition) is 3. The Balaban J connectivity index is 2.10. The summed E-state index contributed by atoms with van der Waals surface area (Å²) in [4.78, 5) is 0. The van der Waals surface area contributed by atoms with Gasteiger partial charge in [-0.2, -0.15) is 0 Å². The van der Waals surface area contributed by atoms with Gasteiger partial charge in [-0.25, -0.2) is 0 Å². The molecule has 0 saturated carbocycles. The van der Waals surface area contributed by atoms with Crippen LogP contribution in [0.25, 0.3) is 10.1 Å². The molecule has 0 atom stereocenters. The SMILES string of the molecule is COCCNc1ccc2sccc2c1. The van der Waals surface area contributed by atoms with Gasteiger partial charge in [0.15, 0.2) is 0 Å². The predicted molar refractivity (Wildman–Crippen MR) is 62.2 cm³/mol. The first-order valence-electron chi connectivity index (χ1n) is 4.60. The van der Waals surface area contributed by atoms with Crippen LogP contribution < -0.4 is 5.32 Å². The van der Waals surface area contributed by atoms with E-state index in [2.05, 4.69) is 35.0 Å². The van der Waals surface area contributed by atoms with Crippen molar-refractivity contribution in [3.8, 4) is 0 Å². The molecule has 0 unspecified atom stereocenters. The average Bonchev–Trinajstić information content (AvgIpc) is 2.65. The number of nitrogens with one attached hydrogen (secondary N) is 1. The predicted octanol–water partition coefficient (Wildman–Crippen LogP) is 2.96. The van der Waals surface area contributed by atoms with Crippen LogP contribution >= 0.6 is 11.3 Å². The van der Waals surface area contributed by atoms with Crippen LogP contribution in [-0.2, 0) is 4.74 Å². The third kappa shape index (κ3) is 2.05. The summed E-state index contributed by atoms with van der Waals surface area (Å²) < 4.78 is 6.31. The molecule has 1 aromatic carbocycles. The first kappa shape index (κ1) is 9.49. The standard InChI is InChI=1S/C11H13NOS/c1-13-6-5-12-10-2-3-11-9(8-10)4-7-14-11/h2-4,7-8,12H,5-6H2,1H3. The molecule has 0 aliphatic rings. The van der Waals surface area contributed by atoms with Gasteiger partial charge in [-0.15, -0.1) is 11.3 Å². The Hall–Kier alpha value is -1.06. The third-order valence-corrected chi connectivity index (χ3v) is 2.99. The van der Waals surface area contributed by atoms with E-state index in [9.17, 15) is 0 Å². The molecule has 0 amide bonds. The van der Waals surface area contributed by atoms with E-state index in [0.717, 1.165) is 18.8 Å². The fourth-order valence-corrected chi connectivity index (χ4v) is 2.14. The zero-order valence-electron chi connectivity index (χ0n) is 8.12. The molecule has 1 aromatic heterocycles. The van der Waals surface area contributed by atoms with Gasteiger partial charge in [0.05, 0.1) is 6.61 Å². The summed E-state index contributed by atoms with van der Waals surface area (Å²) in [5.74, 6) is 0. The molecule has 1 heterocycles. The number of thiophene rings is 1. The van der Waals surface area contributed by atoms with Gasteiger partial charge in [0, 0.05) is 24.0 Å². The lowest BCUT2D eigenvalue weighted by Gasteiger charge is -2.05. The molecule has 74 valence electrons. The summed E-state index contributed by atoms with van der Waals surface area (Å²) >= 11 is 1.77. The minimum Gasteiger partial charge on any atom is -0.383 e. The molecule has 3 heteroatoms. The van der Waals surface area contributed by atoms with Gasteiger partial charge in [-0.1, -0.05) is 0 Å². The Morgan fingerprint density at radius 3 is 3.14 bits per heavy atom. The fraction of sp³-hybridized carbons (Fsp3) is 0.273. The second-order valence-electron chi connectivity index (χ2n) is 3.09. The Kier molecular flexibility index (Phi) is 3.01. The highest BCUT2D eigenvalue weighted by Crippen LogP contribution is 2.23. The zero-order valence-corrected chi connectivity index (χ0v) is 8.93. The van der Waals surface area contributed by atoms with Crippen molar-refractivity contribution in [2.45, 2.75) is 0 Å². The summed E-state index contributed by atoms with van der Waals surface area (Å²) in [5, 5.41) is 6.72. The summed E-state index contributed by atoms with van der Waals surface area (Å²) in [6.45, 7) is 1.59. The number of hydrogen-bond donors (Lipinski definition) is 1. The van der Waals surface area contributed by atoms with Crippen molar-refractivity contribution in [3.05, 3.63) is 29.6 Å². The van der Waals surface area contributed by atoms with E-state index < -0.39 is 0 Å². The second-order valence-corrected chi connectivity index (χ2v) is 4.04. The van der Waals surface area contributed by atoms with Crippen molar-refractivity contribution in [3.63, 3.8) is 0 Å². The monoisotopic (exact) mass is 207 g/mol. The molecule has 0 saturated heterocycles. The summed E-state index contributed by atoms with van der Waals surface area (Å²) in [5.41, 5.74) is 1.16. The highest BCUT2D eigenvalue weighted by Gasteiger charge is 1.96. The van der Waals surface area contributed by atoms with Gasteiger partial charge in [0.1, 0.15) is 0 Å². The van der Waals surface area contributed by atoms with E-state index >= 15 is 0 Å². The van der Waals surface area contributed by atoms with Crippen LogP contribution in [0.4, 0.5) is 5.69 Å². The van der Waals surface area contributed by atoms with E-state index in [1.165, 1.54) is 10.1 Å². The molecule has 0 spiro atoms. The van der Waals surface area contributed by atoms with Gasteiger partial charge >= 0.3 is 0 Å². The summed E-state index contributed by atoms with van der Waals surface area (Å²) in [7, 11) is 1.71. The number of benzene rings is 1. The molecule has 2 nitrogen and oxygen atoms in total. The molecule has 0 fully saturated rings. The van der Waals surface area contributed by atoms with Crippen LogP contribution in [0.15, 0.2) is 29.6 Å². The number of anilines is 1. The molecule has 14 heavy (non-hydrogen) atoms. The molecule has 0 aliphatic carbocycles. The van der Waals surface area contributed by atoms with Crippen LogP contribution in [0.5, 0.6) is 0 Å². The molecule has 2 rings (SSSR count). The molecule has 2 aromatic rings. The van der Waals surface area contributed by atoms with Gasteiger partial charge < -0.3 is 10.1 Å². The molecular formula is C11H13NOS. The van der Waals surface area contributed by atoms with E-state index in [0.29, 0.717) is 0 Å². The molecule has 0 bridgehead atoms. The number of methoxy groups -OCH3 is 1.